The minimum absolute atomic E-state index is 0.141. The standard InChI is InChI=1S/C15H19N3O3/c1-15(2,10-19)16-14(20)13-8-9-18(17-13)11-4-6-12(21-3)7-5-11/h4-9,19H,10H2,1-3H3,(H,16,20). The molecule has 0 aliphatic heterocycles. The van der Waals surface area contributed by atoms with Crippen molar-refractivity contribution in [2.45, 2.75) is 19.4 Å². The summed E-state index contributed by atoms with van der Waals surface area (Å²) in [6.07, 6.45) is 1.71. The molecule has 0 aliphatic rings. The molecule has 0 spiro atoms. The summed E-state index contributed by atoms with van der Waals surface area (Å²) >= 11 is 0. The molecule has 21 heavy (non-hydrogen) atoms. The number of nitrogens with zero attached hydrogens (tertiary/aromatic N) is 2. The Bertz CT molecular complexity index is 617. The van der Waals surface area contributed by atoms with Gasteiger partial charge in [-0.3, -0.25) is 4.79 Å². The van der Waals surface area contributed by atoms with Crippen LogP contribution in [-0.2, 0) is 0 Å². The molecular weight excluding hydrogens is 270 g/mol. The van der Waals surface area contributed by atoms with Gasteiger partial charge in [-0.15, -0.1) is 0 Å². The third-order valence-electron chi connectivity index (χ3n) is 3.01. The monoisotopic (exact) mass is 289 g/mol. The van der Waals surface area contributed by atoms with Gasteiger partial charge >= 0.3 is 0 Å². The summed E-state index contributed by atoms with van der Waals surface area (Å²) < 4.78 is 6.71. The molecule has 0 aliphatic carbocycles. The van der Waals surface area contributed by atoms with Crippen LogP contribution in [0.3, 0.4) is 0 Å². The highest BCUT2D eigenvalue weighted by molar-refractivity contribution is 5.92. The fraction of sp³-hybridized carbons (Fsp3) is 0.333. The quantitative estimate of drug-likeness (QED) is 0.872. The predicted octanol–water partition coefficient (Wildman–Crippen LogP) is 1.38. The number of ether oxygens (including phenoxy) is 1. The van der Waals surface area contributed by atoms with Gasteiger partial charge in [0.2, 0.25) is 0 Å². The molecule has 2 aromatic rings. The predicted molar refractivity (Wildman–Crippen MR) is 78.7 cm³/mol. The zero-order chi connectivity index (χ0) is 15.5. The average molecular weight is 289 g/mol. The SMILES string of the molecule is COc1ccc(-n2ccc(C(=O)NC(C)(C)CO)n2)cc1. The van der Waals surface area contributed by atoms with Crippen LogP contribution >= 0.6 is 0 Å². The second kappa shape index (κ2) is 5.97. The summed E-state index contributed by atoms with van der Waals surface area (Å²) in [5.41, 5.74) is 0.449. The number of aliphatic hydroxyl groups excluding tert-OH is 1. The Kier molecular flexibility index (Phi) is 4.28. The van der Waals surface area contributed by atoms with Gasteiger partial charge in [0.15, 0.2) is 5.69 Å². The van der Waals surface area contributed by atoms with Crippen molar-refractivity contribution in [3.63, 3.8) is 0 Å². The number of hydrogen-bond donors (Lipinski definition) is 2. The molecule has 6 nitrogen and oxygen atoms in total. The number of aromatic nitrogens is 2. The number of rotatable bonds is 5. The molecule has 6 heteroatoms. The fourth-order valence-corrected chi connectivity index (χ4v) is 1.73. The molecule has 1 amide bonds. The van der Waals surface area contributed by atoms with E-state index in [0.29, 0.717) is 5.69 Å². The Hall–Kier alpha value is -2.34. The Morgan fingerprint density at radius 3 is 2.57 bits per heavy atom. The molecule has 0 fully saturated rings. The van der Waals surface area contributed by atoms with Gasteiger partial charge < -0.3 is 15.2 Å². The summed E-state index contributed by atoms with van der Waals surface area (Å²) in [4.78, 5) is 12.0. The number of aliphatic hydroxyl groups is 1. The van der Waals surface area contributed by atoms with Crippen molar-refractivity contribution in [3.8, 4) is 11.4 Å². The minimum Gasteiger partial charge on any atom is -0.497 e. The first kappa shape index (κ1) is 15.1. The van der Waals surface area contributed by atoms with Gasteiger partial charge in [-0.2, -0.15) is 5.10 Å². The summed E-state index contributed by atoms with van der Waals surface area (Å²) in [7, 11) is 1.61. The second-order valence-corrected chi connectivity index (χ2v) is 5.34. The molecule has 0 saturated carbocycles. The molecule has 0 unspecified atom stereocenters. The van der Waals surface area contributed by atoms with E-state index in [4.69, 9.17) is 4.74 Å². The van der Waals surface area contributed by atoms with Crippen molar-refractivity contribution in [2.75, 3.05) is 13.7 Å². The first-order chi connectivity index (χ1) is 9.95. The van der Waals surface area contributed by atoms with E-state index >= 15 is 0 Å². The van der Waals surface area contributed by atoms with Crippen molar-refractivity contribution in [1.29, 1.82) is 0 Å². The summed E-state index contributed by atoms with van der Waals surface area (Å²) in [5.74, 6) is 0.440. The number of hydrogen-bond acceptors (Lipinski definition) is 4. The molecule has 0 atom stereocenters. The van der Waals surface area contributed by atoms with E-state index in [1.54, 1.807) is 37.9 Å². The van der Waals surface area contributed by atoms with Crippen molar-refractivity contribution >= 4 is 5.91 Å². The summed E-state index contributed by atoms with van der Waals surface area (Å²) in [6.45, 7) is 3.34. The van der Waals surface area contributed by atoms with E-state index in [9.17, 15) is 9.90 Å². The van der Waals surface area contributed by atoms with Gasteiger partial charge in [-0.1, -0.05) is 0 Å². The van der Waals surface area contributed by atoms with Gasteiger partial charge in [-0.05, 0) is 44.2 Å². The van der Waals surface area contributed by atoms with Crippen molar-refractivity contribution in [2.24, 2.45) is 0 Å². The maximum atomic E-state index is 12.0. The molecular formula is C15H19N3O3. The molecule has 2 rings (SSSR count). The van der Waals surface area contributed by atoms with E-state index in [2.05, 4.69) is 10.4 Å². The zero-order valence-corrected chi connectivity index (χ0v) is 12.3. The smallest absolute Gasteiger partial charge is 0.272 e. The van der Waals surface area contributed by atoms with Crippen molar-refractivity contribution in [1.82, 2.24) is 15.1 Å². The first-order valence-electron chi connectivity index (χ1n) is 6.59. The van der Waals surface area contributed by atoms with Gasteiger partial charge in [0.1, 0.15) is 5.75 Å². The van der Waals surface area contributed by atoms with E-state index < -0.39 is 5.54 Å². The number of amides is 1. The van der Waals surface area contributed by atoms with Crippen LogP contribution in [0.4, 0.5) is 0 Å². The Morgan fingerprint density at radius 1 is 1.33 bits per heavy atom. The number of methoxy groups -OCH3 is 1. The molecule has 1 aromatic carbocycles. The Morgan fingerprint density at radius 2 is 2.00 bits per heavy atom. The third kappa shape index (κ3) is 3.61. The van der Waals surface area contributed by atoms with Gasteiger partial charge in [-0.25, -0.2) is 4.68 Å². The van der Waals surface area contributed by atoms with Gasteiger partial charge in [0, 0.05) is 6.20 Å². The number of nitrogens with one attached hydrogen (secondary N) is 1. The van der Waals surface area contributed by atoms with Crippen LogP contribution in [-0.4, -0.2) is 40.0 Å². The van der Waals surface area contributed by atoms with Crippen molar-refractivity contribution < 1.29 is 14.6 Å². The minimum atomic E-state index is -0.680. The highest BCUT2D eigenvalue weighted by Gasteiger charge is 2.21. The van der Waals surface area contributed by atoms with Crippen LogP contribution in [0.2, 0.25) is 0 Å². The molecule has 0 saturated heterocycles. The lowest BCUT2D eigenvalue weighted by molar-refractivity contribution is 0.0864. The number of carbonyl (C=O) groups excluding carboxylic acids is 1. The molecule has 1 aromatic heterocycles. The van der Waals surface area contributed by atoms with E-state index in [1.807, 2.05) is 24.3 Å². The van der Waals surface area contributed by atoms with Crippen molar-refractivity contribution in [3.05, 3.63) is 42.2 Å². The maximum absolute atomic E-state index is 12.0. The van der Waals surface area contributed by atoms with E-state index in [1.165, 1.54) is 0 Å². The average Bonchev–Trinajstić information content (AvgIpc) is 2.97. The topological polar surface area (TPSA) is 76.4 Å². The Balaban J connectivity index is 2.15. The molecule has 0 radical (unpaired) electrons. The van der Waals surface area contributed by atoms with Crippen LogP contribution in [0.5, 0.6) is 5.75 Å². The Labute approximate surface area is 123 Å². The molecule has 2 N–H and O–H groups in total. The lowest BCUT2D eigenvalue weighted by Crippen LogP contribution is -2.46. The van der Waals surface area contributed by atoms with Crippen LogP contribution in [0.25, 0.3) is 5.69 Å². The maximum Gasteiger partial charge on any atom is 0.272 e. The number of benzene rings is 1. The molecule has 1 heterocycles. The number of carbonyl (C=O) groups is 1. The third-order valence-corrected chi connectivity index (χ3v) is 3.01. The molecule has 0 bridgehead atoms. The van der Waals surface area contributed by atoms with Gasteiger partial charge in [0.25, 0.3) is 5.91 Å². The second-order valence-electron chi connectivity index (χ2n) is 5.34. The lowest BCUT2D eigenvalue weighted by Gasteiger charge is -2.22. The first-order valence-corrected chi connectivity index (χ1v) is 6.59. The van der Waals surface area contributed by atoms with Crippen LogP contribution in [0.1, 0.15) is 24.3 Å². The molecule has 112 valence electrons. The largest absolute Gasteiger partial charge is 0.497 e. The van der Waals surface area contributed by atoms with Gasteiger partial charge in [0.05, 0.1) is 24.9 Å². The summed E-state index contributed by atoms with van der Waals surface area (Å²) in [6, 6.07) is 8.99. The zero-order valence-electron chi connectivity index (χ0n) is 12.3. The normalized spacial score (nSPS) is 11.2. The van der Waals surface area contributed by atoms with E-state index in [-0.39, 0.29) is 12.5 Å². The fourth-order valence-electron chi connectivity index (χ4n) is 1.73. The van der Waals surface area contributed by atoms with Crippen LogP contribution in [0.15, 0.2) is 36.5 Å². The summed E-state index contributed by atoms with van der Waals surface area (Å²) in [5, 5.41) is 16.1. The highest BCUT2D eigenvalue weighted by atomic mass is 16.5. The van der Waals surface area contributed by atoms with Crippen LogP contribution < -0.4 is 10.1 Å². The van der Waals surface area contributed by atoms with Crippen LogP contribution in [0, 0.1) is 0 Å². The lowest BCUT2D eigenvalue weighted by atomic mass is 10.1. The highest BCUT2D eigenvalue weighted by Crippen LogP contribution is 2.14. The van der Waals surface area contributed by atoms with E-state index in [0.717, 1.165) is 11.4 Å².